The minimum atomic E-state index is -1.38. The first kappa shape index (κ1) is 26.7. The number of amidine groups is 1. The summed E-state index contributed by atoms with van der Waals surface area (Å²) in [5.41, 5.74) is 1.09. The number of aliphatic imine (C=N–C) groups is 1. The van der Waals surface area contributed by atoms with E-state index in [2.05, 4.69) is 4.90 Å². The van der Waals surface area contributed by atoms with E-state index in [0.29, 0.717) is 35.0 Å². The largest absolute Gasteiger partial charge is 0.478 e. The standard InChI is InChI=1S/C31H31F2N3O3/c1-21-34-31(25-6-10-27(32)11-7-25,26-8-12-28(33)13-9-26)30(39)36(21)17-3-16-35-18-14-22(15-19-35)23-4-2-5-24(20-23)29(37)38/h2,4-13,20,22H,3,14-19H2,1H3,(H,37,38). The number of likely N-dealkylation sites (tertiary alicyclic amines) is 1. The average Bonchev–Trinajstić information content (AvgIpc) is 3.20. The molecule has 1 fully saturated rings. The molecule has 5 rings (SSSR count). The number of amides is 1. The number of hydrogen-bond donors (Lipinski definition) is 1. The number of carbonyl (C=O) groups excluding carboxylic acids is 1. The average molecular weight is 532 g/mol. The van der Waals surface area contributed by atoms with Gasteiger partial charge < -0.3 is 10.0 Å². The molecule has 0 radical (unpaired) electrons. The lowest BCUT2D eigenvalue weighted by molar-refractivity contribution is -0.130. The van der Waals surface area contributed by atoms with Gasteiger partial charge in [0.25, 0.3) is 5.91 Å². The maximum atomic E-state index is 13.9. The summed E-state index contributed by atoms with van der Waals surface area (Å²) in [6.45, 7) is 4.90. The highest BCUT2D eigenvalue weighted by Gasteiger charge is 2.49. The highest BCUT2D eigenvalue weighted by molar-refractivity contribution is 6.09. The molecule has 6 nitrogen and oxygen atoms in total. The third-order valence-electron chi connectivity index (χ3n) is 7.85. The minimum absolute atomic E-state index is 0.227. The highest BCUT2D eigenvalue weighted by atomic mass is 19.1. The van der Waals surface area contributed by atoms with Crippen molar-refractivity contribution in [2.75, 3.05) is 26.2 Å². The van der Waals surface area contributed by atoms with Gasteiger partial charge in [-0.1, -0.05) is 36.4 Å². The van der Waals surface area contributed by atoms with E-state index in [-0.39, 0.29) is 5.91 Å². The number of aromatic carboxylic acids is 1. The lowest BCUT2D eigenvalue weighted by Crippen LogP contribution is -2.43. The van der Waals surface area contributed by atoms with Gasteiger partial charge >= 0.3 is 5.97 Å². The van der Waals surface area contributed by atoms with Gasteiger partial charge in [-0.3, -0.25) is 9.69 Å². The molecule has 3 aromatic carbocycles. The molecule has 0 spiro atoms. The van der Waals surface area contributed by atoms with Gasteiger partial charge in [0.1, 0.15) is 17.5 Å². The Hall–Kier alpha value is -3.91. The molecule has 2 heterocycles. The molecule has 202 valence electrons. The number of nitrogens with zero attached hydrogens (tertiary/aromatic N) is 3. The Morgan fingerprint density at radius 1 is 0.949 bits per heavy atom. The second-order valence-electron chi connectivity index (χ2n) is 10.2. The van der Waals surface area contributed by atoms with Crippen LogP contribution in [-0.2, 0) is 10.3 Å². The van der Waals surface area contributed by atoms with Gasteiger partial charge in [-0.15, -0.1) is 0 Å². The number of carboxylic acids is 1. The topological polar surface area (TPSA) is 73.2 Å². The fourth-order valence-electron chi connectivity index (χ4n) is 5.75. The molecule has 1 N–H and O–H groups in total. The number of rotatable bonds is 8. The molecule has 0 saturated carbocycles. The van der Waals surface area contributed by atoms with E-state index in [1.807, 2.05) is 6.07 Å². The normalized spacial score (nSPS) is 17.9. The Balaban J connectivity index is 1.23. The van der Waals surface area contributed by atoms with Crippen LogP contribution in [0.3, 0.4) is 0 Å². The number of carbonyl (C=O) groups is 2. The first-order valence-electron chi connectivity index (χ1n) is 13.2. The smallest absolute Gasteiger partial charge is 0.335 e. The monoisotopic (exact) mass is 531 g/mol. The summed E-state index contributed by atoms with van der Waals surface area (Å²) in [5, 5.41) is 9.28. The molecular weight excluding hydrogens is 500 g/mol. The van der Waals surface area contributed by atoms with Gasteiger partial charge in [-0.2, -0.15) is 0 Å². The van der Waals surface area contributed by atoms with Crippen LogP contribution in [0.5, 0.6) is 0 Å². The van der Waals surface area contributed by atoms with E-state index in [1.165, 1.54) is 24.3 Å². The number of halogens is 2. The van der Waals surface area contributed by atoms with Crippen molar-refractivity contribution in [1.29, 1.82) is 0 Å². The molecule has 2 aliphatic heterocycles. The molecule has 39 heavy (non-hydrogen) atoms. The maximum absolute atomic E-state index is 13.9. The van der Waals surface area contributed by atoms with Crippen molar-refractivity contribution in [3.63, 3.8) is 0 Å². The highest BCUT2D eigenvalue weighted by Crippen LogP contribution is 2.40. The van der Waals surface area contributed by atoms with Crippen LogP contribution >= 0.6 is 0 Å². The van der Waals surface area contributed by atoms with E-state index in [0.717, 1.165) is 44.5 Å². The number of carboxylic acid groups (broad SMARTS) is 1. The molecule has 8 heteroatoms. The van der Waals surface area contributed by atoms with Crippen LogP contribution in [-0.4, -0.2) is 58.8 Å². The van der Waals surface area contributed by atoms with Crippen LogP contribution in [0.25, 0.3) is 0 Å². The van der Waals surface area contributed by atoms with Crippen molar-refractivity contribution in [1.82, 2.24) is 9.80 Å². The second-order valence-corrected chi connectivity index (χ2v) is 10.2. The Kier molecular flexibility index (Phi) is 7.57. The van der Waals surface area contributed by atoms with Gasteiger partial charge in [-0.05, 0) is 105 Å². The fourth-order valence-corrected chi connectivity index (χ4v) is 5.75. The quantitative estimate of drug-likeness (QED) is 0.420. The molecule has 1 saturated heterocycles. The third-order valence-corrected chi connectivity index (χ3v) is 7.85. The summed E-state index contributed by atoms with van der Waals surface area (Å²) in [6.07, 6.45) is 2.65. The molecule has 0 unspecified atom stereocenters. The van der Waals surface area contributed by atoms with Crippen molar-refractivity contribution >= 4 is 17.7 Å². The van der Waals surface area contributed by atoms with Crippen molar-refractivity contribution in [3.8, 4) is 0 Å². The maximum Gasteiger partial charge on any atom is 0.335 e. The summed E-state index contributed by atoms with van der Waals surface area (Å²) >= 11 is 0. The molecule has 0 aliphatic carbocycles. The van der Waals surface area contributed by atoms with Crippen LogP contribution in [0.4, 0.5) is 8.78 Å². The Morgan fingerprint density at radius 2 is 1.54 bits per heavy atom. The van der Waals surface area contributed by atoms with Crippen molar-refractivity contribution in [2.45, 2.75) is 37.6 Å². The predicted octanol–water partition coefficient (Wildman–Crippen LogP) is 5.44. The van der Waals surface area contributed by atoms with Crippen LogP contribution in [0.1, 0.15) is 59.2 Å². The Bertz CT molecular complexity index is 1340. The molecule has 0 bridgehead atoms. The summed E-state index contributed by atoms with van der Waals surface area (Å²) in [7, 11) is 0. The second kappa shape index (κ2) is 11.1. The summed E-state index contributed by atoms with van der Waals surface area (Å²) in [4.78, 5) is 34.1. The third kappa shape index (κ3) is 5.34. The van der Waals surface area contributed by atoms with Crippen LogP contribution in [0.2, 0.25) is 0 Å². The molecule has 0 atom stereocenters. The van der Waals surface area contributed by atoms with Gasteiger partial charge in [0.2, 0.25) is 0 Å². The van der Waals surface area contributed by atoms with E-state index in [1.54, 1.807) is 54.3 Å². The van der Waals surface area contributed by atoms with E-state index < -0.39 is 23.1 Å². The lowest BCUT2D eigenvalue weighted by Gasteiger charge is -2.33. The van der Waals surface area contributed by atoms with Crippen LogP contribution in [0.15, 0.2) is 77.8 Å². The Labute approximate surface area is 226 Å². The zero-order valence-electron chi connectivity index (χ0n) is 21.8. The van der Waals surface area contributed by atoms with E-state index in [4.69, 9.17) is 4.99 Å². The fraction of sp³-hybridized carbons (Fsp3) is 0.323. The summed E-state index contributed by atoms with van der Waals surface area (Å²) in [6, 6.07) is 18.7. The number of hydrogen-bond acceptors (Lipinski definition) is 4. The van der Waals surface area contributed by atoms with Crippen molar-refractivity contribution < 1.29 is 23.5 Å². The number of piperidine rings is 1. The number of benzene rings is 3. The predicted molar refractivity (Wildman–Crippen MR) is 145 cm³/mol. The summed E-state index contributed by atoms with van der Waals surface area (Å²) < 4.78 is 27.4. The van der Waals surface area contributed by atoms with Crippen molar-refractivity contribution in [3.05, 3.63) is 107 Å². The lowest BCUT2D eigenvalue weighted by atomic mass is 9.82. The molecule has 0 aromatic heterocycles. The zero-order valence-corrected chi connectivity index (χ0v) is 21.8. The molecule has 1 amide bonds. The Morgan fingerprint density at radius 3 is 2.10 bits per heavy atom. The zero-order chi connectivity index (χ0) is 27.6. The van der Waals surface area contributed by atoms with Gasteiger partial charge in [0.05, 0.1) is 5.56 Å². The van der Waals surface area contributed by atoms with Gasteiger partial charge in [-0.25, -0.2) is 18.6 Å². The van der Waals surface area contributed by atoms with E-state index >= 15 is 0 Å². The first-order chi connectivity index (χ1) is 18.8. The van der Waals surface area contributed by atoms with Crippen LogP contribution < -0.4 is 0 Å². The molecule has 2 aliphatic rings. The minimum Gasteiger partial charge on any atom is -0.478 e. The SMILES string of the molecule is CC1=NC(c2ccc(F)cc2)(c2ccc(F)cc2)C(=O)N1CCCN1CCC(c2cccc(C(=O)O)c2)CC1. The summed E-state index contributed by atoms with van der Waals surface area (Å²) in [5.74, 6) is -1.04. The van der Waals surface area contributed by atoms with Gasteiger partial charge in [0.15, 0.2) is 5.54 Å². The van der Waals surface area contributed by atoms with Crippen LogP contribution in [0, 0.1) is 11.6 Å². The molecule has 3 aromatic rings. The molecular formula is C31H31F2N3O3. The van der Waals surface area contributed by atoms with Crippen molar-refractivity contribution in [2.24, 2.45) is 4.99 Å². The first-order valence-corrected chi connectivity index (χ1v) is 13.2. The van der Waals surface area contributed by atoms with Gasteiger partial charge in [0, 0.05) is 6.54 Å². The van der Waals surface area contributed by atoms with E-state index in [9.17, 15) is 23.5 Å².